The van der Waals surface area contributed by atoms with E-state index < -0.39 is 0 Å². The summed E-state index contributed by atoms with van der Waals surface area (Å²) in [4.78, 5) is 2.35. The third-order valence-electron chi connectivity index (χ3n) is 11.3. The smallest absolute Gasteiger partial charge is 0.0548 e. The van der Waals surface area contributed by atoms with Gasteiger partial charge in [-0.05, 0) is 107 Å². The minimum absolute atomic E-state index is 1.09. The quantitative estimate of drug-likeness (QED) is 0.159. The van der Waals surface area contributed by atoms with Gasteiger partial charge in [0.1, 0.15) is 0 Å². The second-order valence-electron chi connectivity index (χ2n) is 14.6. The van der Waals surface area contributed by atoms with E-state index >= 15 is 0 Å². The zero-order chi connectivity index (χ0) is 37.7. The molecule has 0 radical (unpaired) electrons. The Balaban J connectivity index is 1.05. The maximum Gasteiger partial charge on any atom is 0.0548 e. The first-order valence-electron chi connectivity index (χ1n) is 19.5. The number of benzene rings is 9. The van der Waals surface area contributed by atoms with Crippen molar-refractivity contribution in [3.05, 3.63) is 224 Å². The molecule has 0 saturated carbocycles. The monoisotopic (exact) mass is 727 g/mol. The molecule has 0 saturated heterocycles. The molecule has 0 N–H and O–H groups in total. The van der Waals surface area contributed by atoms with E-state index in [-0.39, 0.29) is 0 Å². The van der Waals surface area contributed by atoms with E-state index in [2.05, 4.69) is 238 Å². The van der Waals surface area contributed by atoms with Crippen LogP contribution >= 0.6 is 0 Å². The highest BCUT2D eigenvalue weighted by Gasteiger charge is 2.19. The number of hydrogen-bond donors (Lipinski definition) is 0. The molecule has 0 fully saturated rings. The highest BCUT2D eigenvalue weighted by Crippen LogP contribution is 2.41. The number of fused-ring (bicyclic) bond motifs is 6. The molecule has 3 nitrogen and oxygen atoms in total. The Morgan fingerprint density at radius 3 is 1.02 bits per heavy atom. The summed E-state index contributed by atoms with van der Waals surface area (Å²) < 4.78 is 4.83. The molecule has 2 heterocycles. The van der Waals surface area contributed by atoms with Gasteiger partial charge < -0.3 is 14.0 Å². The minimum atomic E-state index is 1.09. The molecule has 0 amide bonds. The standard InChI is InChI=1S/C54H37N3/c1-4-14-38(15-5-1)40-24-28-43(29-25-40)55(44-30-26-41(27-31-44)39-16-6-2-7-17-39)45-32-34-46(35-33-45)57-52-23-13-11-21-48(52)50-36-53-49(37-54(50)57)47-20-10-12-22-51(47)56(53)42-18-8-3-9-19-42/h1-37H. The van der Waals surface area contributed by atoms with Crippen molar-refractivity contribution in [2.24, 2.45) is 0 Å². The van der Waals surface area contributed by atoms with Gasteiger partial charge in [-0.15, -0.1) is 0 Å². The van der Waals surface area contributed by atoms with E-state index in [4.69, 9.17) is 0 Å². The number of nitrogens with zero attached hydrogens (tertiary/aromatic N) is 3. The minimum Gasteiger partial charge on any atom is -0.311 e. The SMILES string of the molecule is c1ccc(-c2ccc(N(c3ccc(-c4ccccc4)cc3)c3ccc(-n4c5ccccc5c5cc6c(cc54)c4ccccc4n6-c4ccccc4)cc3)cc2)cc1. The summed E-state index contributed by atoms with van der Waals surface area (Å²) in [6.45, 7) is 0. The average molecular weight is 728 g/mol. The van der Waals surface area contributed by atoms with Crippen molar-refractivity contribution in [1.29, 1.82) is 0 Å². The molecule has 0 aliphatic heterocycles. The lowest BCUT2D eigenvalue weighted by molar-refractivity contribution is 1.17. The van der Waals surface area contributed by atoms with E-state index in [1.807, 2.05) is 0 Å². The molecule has 3 heteroatoms. The Bertz CT molecular complexity index is 3100. The van der Waals surface area contributed by atoms with Crippen molar-refractivity contribution in [2.75, 3.05) is 4.90 Å². The van der Waals surface area contributed by atoms with Gasteiger partial charge in [0, 0.05) is 50.0 Å². The molecule has 0 spiro atoms. The first-order chi connectivity index (χ1) is 28.3. The molecule has 9 aromatic carbocycles. The summed E-state index contributed by atoms with van der Waals surface area (Å²) >= 11 is 0. The molecular weight excluding hydrogens is 691 g/mol. The van der Waals surface area contributed by atoms with Crippen LogP contribution in [0.3, 0.4) is 0 Å². The van der Waals surface area contributed by atoms with Gasteiger partial charge >= 0.3 is 0 Å². The van der Waals surface area contributed by atoms with Gasteiger partial charge in [-0.1, -0.05) is 140 Å². The molecular formula is C54H37N3. The summed E-state index contributed by atoms with van der Waals surface area (Å²) in [5.74, 6) is 0. The fourth-order valence-corrected chi connectivity index (χ4v) is 8.63. The van der Waals surface area contributed by atoms with Crippen molar-refractivity contribution in [2.45, 2.75) is 0 Å². The van der Waals surface area contributed by atoms with Crippen molar-refractivity contribution in [1.82, 2.24) is 9.13 Å². The molecule has 268 valence electrons. The largest absolute Gasteiger partial charge is 0.311 e. The van der Waals surface area contributed by atoms with Crippen LogP contribution in [0.5, 0.6) is 0 Å². The molecule has 0 aliphatic rings. The Morgan fingerprint density at radius 2 is 0.579 bits per heavy atom. The molecule has 57 heavy (non-hydrogen) atoms. The first-order valence-corrected chi connectivity index (χ1v) is 19.5. The van der Waals surface area contributed by atoms with Crippen LogP contribution in [0.4, 0.5) is 17.1 Å². The maximum absolute atomic E-state index is 2.43. The number of para-hydroxylation sites is 3. The molecule has 2 aromatic heterocycles. The summed E-state index contributed by atoms with van der Waals surface area (Å²) in [5, 5.41) is 4.96. The highest BCUT2D eigenvalue weighted by atomic mass is 15.1. The average Bonchev–Trinajstić information content (AvgIpc) is 3.79. The van der Waals surface area contributed by atoms with E-state index in [9.17, 15) is 0 Å². The second-order valence-corrected chi connectivity index (χ2v) is 14.6. The van der Waals surface area contributed by atoms with Gasteiger partial charge in [-0.2, -0.15) is 0 Å². The Labute approximate surface area is 331 Å². The van der Waals surface area contributed by atoms with Gasteiger partial charge in [0.15, 0.2) is 0 Å². The van der Waals surface area contributed by atoms with E-state index in [1.165, 1.54) is 65.9 Å². The number of aromatic nitrogens is 2. The van der Waals surface area contributed by atoms with Gasteiger partial charge in [-0.3, -0.25) is 0 Å². The molecule has 11 aromatic rings. The molecule has 0 aliphatic carbocycles. The number of anilines is 3. The lowest BCUT2D eigenvalue weighted by Crippen LogP contribution is -2.10. The van der Waals surface area contributed by atoms with Gasteiger partial charge in [0.25, 0.3) is 0 Å². The topological polar surface area (TPSA) is 13.1 Å². The summed E-state index contributed by atoms with van der Waals surface area (Å²) in [7, 11) is 0. The molecule has 11 rings (SSSR count). The van der Waals surface area contributed by atoms with Crippen LogP contribution in [0.15, 0.2) is 224 Å². The van der Waals surface area contributed by atoms with Crippen LogP contribution in [0.25, 0.3) is 77.2 Å². The Kier molecular flexibility index (Phi) is 7.82. The Morgan fingerprint density at radius 1 is 0.246 bits per heavy atom. The molecule has 0 atom stereocenters. The van der Waals surface area contributed by atoms with Gasteiger partial charge in [0.2, 0.25) is 0 Å². The first kappa shape index (κ1) is 32.8. The predicted molar refractivity (Wildman–Crippen MR) is 241 cm³/mol. The maximum atomic E-state index is 2.43. The molecule has 0 bridgehead atoms. The lowest BCUT2D eigenvalue weighted by atomic mass is 10.0. The van der Waals surface area contributed by atoms with Crippen LogP contribution < -0.4 is 4.90 Å². The van der Waals surface area contributed by atoms with E-state index in [1.54, 1.807) is 0 Å². The normalized spacial score (nSPS) is 11.5. The van der Waals surface area contributed by atoms with Crippen LogP contribution in [-0.4, -0.2) is 9.13 Å². The highest BCUT2D eigenvalue weighted by molar-refractivity contribution is 6.19. The molecule has 0 unspecified atom stereocenters. The van der Waals surface area contributed by atoms with Crippen molar-refractivity contribution < 1.29 is 0 Å². The van der Waals surface area contributed by atoms with Crippen LogP contribution in [0.2, 0.25) is 0 Å². The number of hydrogen-bond acceptors (Lipinski definition) is 1. The van der Waals surface area contributed by atoms with Gasteiger partial charge in [0.05, 0.1) is 22.1 Å². The van der Waals surface area contributed by atoms with Crippen molar-refractivity contribution in [3.63, 3.8) is 0 Å². The lowest BCUT2D eigenvalue weighted by Gasteiger charge is -2.26. The summed E-state index contributed by atoms with van der Waals surface area (Å²) in [6, 6.07) is 81.0. The third-order valence-corrected chi connectivity index (χ3v) is 11.3. The van der Waals surface area contributed by atoms with Crippen molar-refractivity contribution in [3.8, 4) is 33.6 Å². The number of rotatable bonds is 7. The predicted octanol–water partition coefficient (Wildman–Crippen LogP) is 14.7. The van der Waals surface area contributed by atoms with E-state index in [0.29, 0.717) is 0 Å². The van der Waals surface area contributed by atoms with Gasteiger partial charge in [-0.25, -0.2) is 0 Å². The Hall–Kier alpha value is -7.62. The van der Waals surface area contributed by atoms with E-state index in [0.717, 1.165) is 28.4 Å². The zero-order valence-corrected chi connectivity index (χ0v) is 31.2. The van der Waals surface area contributed by atoms with Crippen LogP contribution in [0.1, 0.15) is 0 Å². The second kappa shape index (κ2) is 13.6. The fraction of sp³-hybridized carbons (Fsp3) is 0. The van der Waals surface area contributed by atoms with Crippen LogP contribution in [-0.2, 0) is 0 Å². The fourth-order valence-electron chi connectivity index (χ4n) is 8.63. The van der Waals surface area contributed by atoms with Crippen LogP contribution in [0, 0.1) is 0 Å². The zero-order valence-electron chi connectivity index (χ0n) is 31.2. The summed E-state index contributed by atoms with van der Waals surface area (Å²) in [6.07, 6.45) is 0. The third kappa shape index (κ3) is 5.60. The summed E-state index contributed by atoms with van der Waals surface area (Å²) in [5.41, 5.74) is 15.2. The van der Waals surface area contributed by atoms with Crippen molar-refractivity contribution >= 4 is 60.7 Å².